The summed E-state index contributed by atoms with van der Waals surface area (Å²) in [4.78, 5) is 36.6. The molecule has 172 valence electrons. The molecular weight excluding hydrogens is 441 g/mol. The van der Waals surface area contributed by atoms with Crippen molar-refractivity contribution >= 4 is 23.2 Å². The van der Waals surface area contributed by atoms with Crippen LogP contribution in [0, 0.1) is 6.92 Å². The molecule has 2 aromatic carbocycles. The fourth-order valence-electron chi connectivity index (χ4n) is 3.04. The number of hydrogen-bond acceptors (Lipinski definition) is 5. The Bertz CT molecular complexity index is 1290. The highest BCUT2D eigenvalue weighted by molar-refractivity contribution is 6.03. The number of amides is 2. The van der Waals surface area contributed by atoms with Gasteiger partial charge in [0.05, 0.1) is 24.0 Å². The molecule has 2 amide bonds. The first-order valence-electron chi connectivity index (χ1n) is 9.55. The highest BCUT2D eigenvalue weighted by atomic mass is 19.4. The van der Waals surface area contributed by atoms with Gasteiger partial charge in [-0.15, -0.1) is 0 Å². The average molecular weight is 460 g/mol. The highest BCUT2D eigenvalue weighted by Gasteiger charge is 2.30. The second-order valence-corrected chi connectivity index (χ2v) is 7.01. The lowest BCUT2D eigenvalue weighted by atomic mass is 10.2. The number of benzene rings is 2. The largest absolute Gasteiger partial charge is 0.495 e. The van der Waals surface area contributed by atoms with Crippen molar-refractivity contribution in [1.82, 2.24) is 9.78 Å². The fraction of sp³-hybridized carbons (Fsp3) is 0.182. The molecule has 0 atom stereocenters. The number of ether oxygens (including phenoxy) is 1. The van der Waals surface area contributed by atoms with E-state index in [1.807, 2.05) is 0 Å². The van der Waals surface area contributed by atoms with Gasteiger partial charge in [-0.25, -0.2) is 4.68 Å². The van der Waals surface area contributed by atoms with Gasteiger partial charge in [0.25, 0.3) is 5.91 Å². The standard InChI is InChI=1S/C22H19F3N4O4/c1-12-9-18(31)20(28-29(12)16-6-4-5-14(10-16)22(23,24)25)21(32)27-15-7-8-19(33-3)17(11-15)26-13(2)30/h4-11H,1-3H3,(H,26,30)(H,27,32). The summed E-state index contributed by atoms with van der Waals surface area (Å²) in [6, 6.07) is 9.89. The number of methoxy groups -OCH3 is 1. The summed E-state index contributed by atoms with van der Waals surface area (Å²) >= 11 is 0. The van der Waals surface area contributed by atoms with Gasteiger partial charge in [-0.1, -0.05) is 6.07 Å². The van der Waals surface area contributed by atoms with Crippen molar-refractivity contribution in [1.29, 1.82) is 0 Å². The molecule has 0 spiro atoms. The molecule has 0 aliphatic rings. The van der Waals surface area contributed by atoms with Gasteiger partial charge in [0, 0.05) is 24.4 Å². The number of carbonyl (C=O) groups excluding carboxylic acids is 2. The minimum atomic E-state index is -4.57. The van der Waals surface area contributed by atoms with Crippen molar-refractivity contribution in [3.05, 3.63) is 75.7 Å². The number of rotatable bonds is 5. The first kappa shape index (κ1) is 23.5. The Morgan fingerprint density at radius 2 is 1.79 bits per heavy atom. The van der Waals surface area contributed by atoms with E-state index in [0.29, 0.717) is 11.4 Å². The molecule has 1 aromatic heterocycles. The highest BCUT2D eigenvalue weighted by Crippen LogP contribution is 2.30. The summed E-state index contributed by atoms with van der Waals surface area (Å²) in [7, 11) is 1.41. The van der Waals surface area contributed by atoms with E-state index in [1.165, 1.54) is 51.3 Å². The van der Waals surface area contributed by atoms with Crippen LogP contribution in [0.2, 0.25) is 0 Å². The molecule has 0 saturated heterocycles. The number of aryl methyl sites for hydroxylation is 1. The Morgan fingerprint density at radius 1 is 1.06 bits per heavy atom. The Labute approximate surface area is 186 Å². The van der Waals surface area contributed by atoms with Crippen LogP contribution in [-0.2, 0) is 11.0 Å². The molecule has 0 aliphatic heterocycles. The third-order valence-electron chi connectivity index (χ3n) is 4.51. The fourth-order valence-corrected chi connectivity index (χ4v) is 3.04. The van der Waals surface area contributed by atoms with Crippen LogP contribution >= 0.6 is 0 Å². The van der Waals surface area contributed by atoms with Crippen molar-refractivity contribution < 1.29 is 27.5 Å². The van der Waals surface area contributed by atoms with E-state index in [4.69, 9.17) is 4.74 Å². The maximum Gasteiger partial charge on any atom is 0.416 e. The molecule has 11 heteroatoms. The molecule has 0 fully saturated rings. The number of anilines is 2. The van der Waals surface area contributed by atoms with Gasteiger partial charge in [0.15, 0.2) is 5.69 Å². The third kappa shape index (κ3) is 5.37. The van der Waals surface area contributed by atoms with Gasteiger partial charge in [-0.3, -0.25) is 14.4 Å². The number of nitrogens with zero attached hydrogens (tertiary/aromatic N) is 2. The monoisotopic (exact) mass is 460 g/mol. The first-order chi connectivity index (χ1) is 15.5. The van der Waals surface area contributed by atoms with Gasteiger partial charge in [-0.05, 0) is 43.3 Å². The zero-order valence-corrected chi connectivity index (χ0v) is 17.8. The number of carbonyl (C=O) groups is 2. The number of nitrogens with one attached hydrogen (secondary N) is 2. The number of halogens is 3. The van der Waals surface area contributed by atoms with Gasteiger partial charge < -0.3 is 15.4 Å². The molecule has 0 saturated carbocycles. The maximum absolute atomic E-state index is 13.1. The predicted octanol–water partition coefficient (Wildman–Crippen LogP) is 3.78. The van der Waals surface area contributed by atoms with Crippen LogP contribution in [0.15, 0.2) is 53.3 Å². The van der Waals surface area contributed by atoms with Crippen molar-refractivity contribution in [2.24, 2.45) is 0 Å². The molecule has 3 aromatic rings. The van der Waals surface area contributed by atoms with Crippen LogP contribution in [0.25, 0.3) is 5.69 Å². The minimum Gasteiger partial charge on any atom is -0.495 e. The smallest absolute Gasteiger partial charge is 0.416 e. The van der Waals surface area contributed by atoms with Crippen LogP contribution in [0.1, 0.15) is 28.7 Å². The summed E-state index contributed by atoms with van der Waals surface area (Å²) in [6.07, 6.45) is -4.57. The van der Waals surface area contributed by atoms with Gasteiger partial charge in [0.2, 0.25) is 11.3 Å². The molecule has 2 N–H and O–H groups in total. The molecule has 1 heterocycles. The molecular formula is C22H19F3N4O4. The summed E-state index contributed by atoms with van der Waals surface area (Å²) in [6.45, 7) is 2.79. The zero-order chi connectivity index (χ0) is 24.3. The van der Waals surface area contributed by atoms with Crippen LogP contribution < -0.4 is 20.8 Å². The Hall–Kier alpha value is -4.15. The van der Waals surface area contributed by atoms with Gasteiger partial charge >= 0.3 is 6.18 Å². The molecule has 0 radical (unpaired) electrons. The average Bonchev–Trinajstić information content (AvgIpc) is 2.73. The minimum absolute atomic E-state index is 0.0359. The lowest BCUT2D eigenvalue weighted by molar-refractivity contribution is -0.137. The summed E-state index contributed by atoms with van der Waals surface area (Å²) < 4.78 is 45.5. The zero-order valence-electron chi connectivity index (χ0n) is 17.8. The predicted molar refractivity (Wildman–Crippen MR) is 115 cm³/mol. The number of alkyl halides is 3. The van der Waals surface area contributed by atoms with E-state index in [1.54, 1.807) is 0 Å². The van der Waals surface area contributed by atoms with Gasteiger partial charge in [-0.2, -0.15) is 18.3 Å². The summed E-state index contributed by atoms with van der Waals surface area (Å²) in [5, 5.41) is 9.05. The SMILES string of the molecule is COc1ccc(NC(=O)c2nn(-c3cccc(C(F)(F)F)c3)c(C)cc2=O)cc1NC(C)=O. The van der Waals surface area contributed by atoms with E-state index in [9.17, 15) is 27.6 Å². The second-order valence-electron chi connectivity index (χ2n) is 7.01. The summed E-state index contributed by atoms with van der Waals surface area (Å²) in [5.74, 6) is -0.885. The third-order valence-corrected chi connectivity index (χ3v) is 4.51. The van der Waals surface area contributed by atoms with Crippen LogP contribution in [0.5, 0.6) is 5.75 Å². The molecule has 0 aliphatic carbocycles. The van der Waals surface area contributed by atoms with Crippen LogP contribution in [0.4, 0.5) is 24.5 Å². The molecule has 8 nitrogen and oxygen atoms in total. The Balaban J connectivity index is 1.97. The van der Waals surface area contributed by atoms with Crippen molar-refractivity contribution in [2.45, 2.75) is 20.0 Å². The van der Waals surface area contributed by atoms with Crippen molar-refractivity contribution in [2.75, 3.05) is 17.7 Å². The second kappa shape index (κ2) is 9.15. The van der Waals surface area contributed by atoms with Crippen molar-refractivity contribution in [3.8, 4) is 11.4 Å². The van der Waals surface area contributed by atoms with Gasteiger partial charge in [0.1, 0.15) is 5.75 Å². The lowest BCUT2D eigenvalue weighted by Crippen LogP contribution is -2.27. The first-order valence-corrected chi connectivity index (χ1v) is 9.55. The Morgan fingerprint density at radius 3 is 2.42 bits per heavy atom. The Kier molecular flexibility index (Phi) is 6.52. The van der Waals surface area contributed by atoms with Crippen molar-refractivity contribution in [3.63, 3.8) is 0 Å². The van der Waals surface area contributed by atoms with E-state index in [2.05, 4.69) is 15.7 Å². The van der Waals surface area contributed by atoms with E-state index >= 15 is 0 Å². The molecule has 3 rings (SSSR count). The van der Waals surface area contributed by atoms with Crippen LogP contribution in [0.3, 0.4) is 0 Å². The maximum atomic E-state index is 13.1. The van der Waals surface area contributed by atoms with E-state index in [0.717, 1.165) is 22.9 Å². The lowest BCUT2D eigenvalue weighted by Gasteiger charge is -2.14. The topological polar surface area (TPSA) is 102 Å². The van der Waals surface area contributed by atoms with E-state index < -0.39 is 28.8 Å². The van der Waals surface area contributed by atoms with Crippen LogP contribution in [-0.4, -0.2) is 28.7 Å². The number of aromatic nitrogens is 2. The normalized spacial score (nSPS) is 11.1. The summed E-state index contributed by atoms with van der Waals surface area (Å²) in [5.41, 5.74) is -1.31. The quantitative estimate of drug-likeness (QED) is 0.603. The molecule has 0 unspecified atom stereocenters. The van der Waals surface area contributed by atoms with E-state index in [-0.39, 0.29) is 23.0 Å². The number of hydrogen-bond donors (Lipinski definition) is 2. The molecule has 33 heavy (non-hydrogen) atoms. The molecule has 0 bridgehead atoms.